The normalized spacial score (nSPS) is 15.4. The van der Waals surface area contributed by atoms with E-state index in [-0.39, 0.29) is 6.10 Å². The summed E-state index contributed by atoms with van der Waals surface area (Å²) in [6.45, 7) is 4.48. The summed E-state index contributed by atoms with van der Waals surface area (Å²) in [5.74, 6) is 0. The van der Waals surface area contributed by atoms with Crippen LogP contribution < -0.4 is 0 Å². The van der Waals surface area contributed by atoms with E-state index in [0.717, 1.165) is 4.47 Å². The van der Waals surface area contributed by atoms with Crippen molar-refractivity contribution in [3.8, 4) is 0 Å². The highest BCUT2D eigenvalue weighted by Crippen LogP contribution is 2.24. The Morgan fingerprint density at radius 2 is 2.36 bits per heavy atom. The van der Waals surface area contributed by atoms with E-state index < -0.39 is 6.10 Å². The lowest BCUT2D eigenvalue weighted by Gasteiger charge is -2.18. The van der Waals surface area contributed by atoms with Crippen LogP contribution in [0.25, 0.3) is 0 Å². The minimum atomic E-state index is -0.426. The second-order valence-corrected chi connectivity index (χ2v) is 4.98. The van der Waals surface area contributed by atoms with Crippen LogP contribution >= 0.6 is 27.3 Å². The zero-order valence-electron chi connectivity index (χ0n) is 8.37. The molecule has 1 N–H and O–H groups in total. The van der Waals surface area contributed by atoms with Crippen LogP contribution in [0.2, 0.25) is 0 Å². The van der Waals surface area contributed by atoms with E-state index in [1.54, 1.807) is 11.3 Å². The number of aliphatic hydroxyl groups is 1. The minimum absolute atomic E-state index is 0.103. The molecule has 0 saturated heterocycles. The minimum Gasteiger partial charge on any atom is -0.390 e. The van der Waals surface area contributed by atoms with Crippen LogP contribution in [0.1, 0.15) is 18.7 Å². The molecule has 2 nitrogen and oxygen atoms in total. The third-order valence-corrected chi connectivity index (χ3v) is 4.01. The van der Waals surface area contributed by atoms with Gasteiger partial charge in [0, 0.05) is 22.4 Å². The highest BCUT2D eigenvalue weighted by molar-refractivity contribution is 9.10. The fraction of sp³-hybridized carbons (Fsp3) is 0.600. The lowest BCUT2D eigenvalue weighted by atomic mass is 10.1. The average Bonchev–Trinajstić information content (AvgIpc) is 2.52. The highest BCUT2D eigenvalue weighted by Gasteiger charge is 2.16. The van der Waals surface area contributed by atoms with Crippen molar-refractivity contribution in [1.29, 1.82) is 0 Å². The summed E-state index contributed by atoms with van der Waals surface area (Å²) in [5.41, 5.74) is 0. The average molecular weight is 279 g/mol. The molecule has 0 aromatic carbocycles. The molecule has 1 aromatic rings. The second kappa shape index (κ2) is 5.85. The van der Waals surface area contributed by atoms with E-state index >= 15 is 0 Å². The molecule has 0 bridgehead atoms. The third-order valence-electron chi connectivity index (χ3n) is 2.06. The highest BCUT2D eigenvalue weighted by atomic mass is 79.9. The molecule has 2 unspecified atom stereocenters. The van der Waals surface area contributed by atoms with Gasteiger partial charge in [-0.3, -0.25) is 0 Å². The molecule has 0 aliphatic heterocycles. The molecule has 0 aliphatic carbocycles. The third kappa shape index (κ3) is 3.35. The van der Waals surface area contributed by atoms with E-state index in [4.69, 9.17) is 4.74 Å². The number of halogens is 1. The first kappa shape index (κ1) is 12.2. The predicted octanol–water partition coefficient (Wildman–Crippen LogP) is 2.84. The van der Waals surface area contributed by atoms with Gasteiger partial charge in [-0.15, -0.1) is 11.3 Å². The smallest absolute Gasteiger partial charge is 0.0847 e. The van der Waals surface area contributed by atoms with Crippen molar-refractivity contribution < 1.29 is 9.84 Å². The maximum Gasteiger partial charge on any atom is 0.0847 e. The van der Waals surface area contributed by atoms with Gasteiger partial charge < -0.3 is 9.84 Å². The number of thiophene rings is 1. The summed E-state index contributed by atoms with van der Waals surface area (Å²) < 4.78 is 6.41. The molecule has 1 heterocycles. The van der Waals surface area contributed by atoms with Gasteiger partial charge in [-0.2, -0.15) is 0 Å². The number of aliphatic hydroxyl groups excluding tert-OH is 1. The molecular weight excluding hydrogens is 264 g/mol. The van der Waals surface area contributed by atoms with Crippen LogP contribution in [0.4, 0.5) is 0 Å². The molecule has 1 aromatic heterocycles. The van der Waals surface area contributed by atoms with E-state index in [2.05, 4.69) is 15.9 Å². The molecule has 0 fully saturated rings. The van der Waals surface area contributed by atoms with Gasteiger partial charge in [0.25, 0.3) is 0 Å². The molecule has 0 saturated carbocycles. The van der Waals surface area contributed by atoms with E-state index in [0.29, 0.717) is 13.0 Å². The Morgan fingerprint density at radius 1 is 1.64 bits per heavy atom. The quantitative estimate of drug-likeness (QED) is 0.898. The van der Waals surface area contributed by atoms with Crippen molar-refractivity contribution in [2.45, 2.75) is 32.5 Å². The molecule has 0 amide bonds. The number of ether oxygens (including phenoxy) is 1. The van der Waals surface area contributed by atoms with Crippen molar-refractivity contribution in [3.05, 3.63) is 20.8 Å². The maximum atomic E-state index is 9.81. The fourth-order valence-electron chi connectivity index (χ4n) is 1.20. The number of rotatable bonds is 5. The topological polar surface area (TPSA) is 29.5 Å². The summed E-state index contributed by atoms with van der Waals surface area (Å²) in [7, 11) is 0. The lowest BCUT2D eigenvalue weighted by Crippen LogP contribution is -2.27. The molecular formula is C10H15BrO2S. The van der Waals surface area contributed by atoms with Gasteiger partial charge in [-0.25, -0.2) is 0 Å². The lowest BCUT2D eigenvalue weighted by molar-refractivity contribution is -0.0205. The van der Waals surface area contributed by atoms with Crippen molar-refractivity contribution in [2.24, 2.45) is 0 Å². The molecule has 4 heteroatoms. The summed E-state index contributed by atoms with van der Waals surface area (Å²) in [6.07, 6.45) is 0.123. The molecule has 2 atom stereocenters. The predicted molar refractivity (Wildman–Crippen MR) is 62.8 cm³/mol. The first-order valence-electron chi connectivity index (χ1n) is 4.66. The van der Waals surface area contributed by atoms with Crippen LogP contribution in [0.15, 0.2) is 15.9 Å². The molecule has 0 radical (unpaired) electrons. The largest absolute Gasteiger partial charge is 0.390 e. The van der Waals surface area contributed by atoms with Gasteiger partial charge in [0.15, 0.2) is 0 Å². The van der Waals surface area contributed by atoms with Gasteiger partial charge in [0.05, 0.1) is 12.2 Å². The molecule has 0 aliphatic rings. The van der Waals surface area contributed by atoms with Crippen LogP contribution in [0, 0.1) is 0 Å². The summed E-state index contributed by atoms with van der Waals surface area (Å²) >= 11 is 5.09. The SMILES string of the molecule is CCOC(C)C(O)Cc1sccc1Br. The Bertz CT molecular complexity index is 275. The Labute approximate surface area is 97.0 Å². The Hall–Kier alpha value is 0.100. The van der Waals surface area contributed by atoms with Gasteiger partial charge >= 0.3 is 0 Å². The summed E-state index contributed by atoms with van der Waals surface area (Å²) in [6, 6.07) is 2.00. The maximum absolute atomic E-state index is 9.81. The van der Waals surface area contributed by atoms with E-state index in [1.165, 1.54) is 4.88 Å². The molecule has 0 spiro atoms. The van der Waals surface area contributed by atoms with Crippen molar-refractivity contribution in [1.82, 2.24) is 0 Å². The van der Waals surface area contributed by atoms with Crippen LogP contribution in [0.3, 0.4) is 0 Å². The zero-order valence-corrected chi connectivity index (χ0v) is 10.8. The molecule has 80 valence electrons. The van der Waals surface area contributed by atoms with Crippen molar-refractivity contribution in [2.75, 3.05) is 6.61 Å². The van der Waals surface area contributed by atoms with Crippen molar-refractivity contribution in [3.63, 3.8) is 0 Å². The number of hydrogen-bond donors (Lipinski definition) is 1. The Morgan fingerprint density at radius 3 is 2.86 bits per heavy atom. The summed E-state index contributed by atoms with van der Waals surface area (Å²) in [5, 5.41) is 11.8. The van der Waals surface area contributed by atoms with Gasteiger partial charge in [-0.1, -0.05) is 0 Å². The van der Waals surface area contributed by atoms with Gasteiger partial charge in [0.1, 0.15) is 0 Å². The Balaban J connectivity index is 2.48. The van der Waals surface area contributed by atoms with Gasteiger partial charge in [0.2, 0.25) is 0 Å². The first-order chi connectivity index (χ1) is 6.65. The van der Waals surface area contributed by atoms with Gasteiger partial charge in [-0.05, 0) is 41.2 Å². The monoisotopic (exact) mass is 278 g/mol. The fourth-order valence-corrected chi connectivity index (χ4v) is 2.77. The standard InChI is InChI=1S/C10H15BrO2S/c1-3-13-7(2)9(12)6-10-8(11)4-5-14-10/h4-5,7,9,12H,3,6H2,1-2H3. The Kier molecular flexibility index (Phi) is 5.09. The van der Waals surface area contributed by atoms with Crippen molar-refractivity contribution >= 4 is 27.3 Å². The number of hydrogen-bond acceptors (Lipinski definition) is 3. The molecule has 14 heavy (non-hydrogen) atoms. The zero-order chi connectivity index (χ0) is 10.6. The van der Waals surface area contributed by atoms with Crippen LogP contribution in [-0.4, -0.2) is 23.9 Å². The second-order valence-electron chi connectivity index (χ2n) is 3.12. The van der Waals surface area contributed by atoms with Crippen LogP contribution in [0.5, 0.6) is 0 Å². The van der Waals surface area contributed by atoms with E-state index in [9.17, 15) is 5.11 Å². The molecule has 1 rings (SSSR count). The first-order valence-corrected chi connectivity index (χ1v) is 6.34. The van der Waals surface area contributed by atoms with E-state index in [1.807, 2.05) is 25.3 Å². The van der Waals surface area contributed by atoms with Crippen LogP contribution in [-0.2, 0) is 11.2 Å². The summed E-state index contributed by atoms with van der Waals surface area (Å²) in [4.78, 5) is 1.17.